The molecule has 0 saturated carbocycles. The summed E-state index contributed by atoms with van der Waals surface area (Å²) in [7, 11) is 0. The third-order valence-electron chi connectivity index (χ3n) is 4.30. The molecular formula is C18H17F3N4O2. The van der Waals surface area contributed by atoms with Crippen LogP contribution in [-0.2, 0) is 11.0 Å². The second-order valence-corrected chi connectivity index (χ2v) is 6.03. The van der Waals surface area contributed by atoms with Crippen LogP contribution in [0, 0.1) is 0 Å². The lowest BCUT2D eigenvalue weighted by Gasteiger charge is -2.31. The number of ether oxygens (including phenoxy) is 1. The van der Waals surface area contributed by atoms with E-state index in [1.807, 2.05) is 0 Å². The van der Waals surface area contributed by atoms with Gasteiger partial charge in [0.1, 0.15) is 17.1 Å². The molecule has 2 aromatic rings. The van der Waals surface area contributed by atoms with Crippen LogP contribution < -0.4 is 4.74 Å². The molecule has 0 radical (unpaired) electrons. The number of hydrogen-bond donors (Lipinski definition) is 0. The Morgan fingerprint density at radius 3 is 2.48 bits per heavy atom. The predicted molar refractivity (Wildman–Crippen MR) is 90.1 cm³/mol. The molecule has 0 aromatic carbocycles. The van der Waals surface area contributed by atoms with Crippen molar-refractivity contribution < 1.29 is 22.7 Å². The average Bonchev–Trinajstić information content (AvgIpc) is 2.68. The molecule has 1 saturated heterocycles. The third-order valence-corrected chi connectivity index (χ3v) is 4.30. The smallest absolute Gasteiger partial charge is 0.433 e. The Morgan fingerprint density at radius 2 is 1.89 bits per heavy atom. The lowest BCUT2D eigenvalue weighted by atomic mass is 9.93. The van der Waals surface area contributed by atoms with Gasteiger partial charge in [-0.25, -0.2) is 9.97 Å². The van der Waals surface area contributed by atoms with Crippen LogP contribution in [0.2, 0.25) is 0 Å². The fraction of sp³-hybridized carbons (Fsp3) is 0.333. The van der Waals surface area contributed by atoms with E-state index in [2.05, 4.69) is 21.5 Å². The number of amides is 1. The minimum atomic E-state index is -4.51. The SMILES string of the molecule is C=CC(=O)N1CCC(c2nccnc2Oc2ccc(C(F)(F)F)nc2)CC1. The summed E-state index contributed by atoms with van der Waals surface area (Å²) in [5, 5.41) is 0. The van der Waals surface area contributed by atoms with E-state index in [0.29, 0.717) is 31.6 Å². The van der Waals surface area contributed by atoms with Crippen LogP contribution in [0.3, 0.4) is 0 Å². The maximum Gasteiger partial charge on any atom is 0.433 e. The van der Waals surface area contributed by atoms with E-state index in [0.717, 1.165) is 12.3 Å². The van der Waals surface area contributed by atoms with Gasteiger partial charge in [-0.05, 0) is 31.1 Å². The summed E-state index contributed by atoms with van der Waals surface area (Å²) < 4.78 is 43.4. The van der Waals surface area contributed by atoms with Crippen LogP contribution >= 0.6 is 0 Å². The van der Waals surface area contributed by atoms with Crippen molar-refractivity contribution in [2.75, 3.05) is 13.1 Å². The Labute approximate surface area is 153 Å². The van der Waals surface area contributed by atoms with Crippen molar-refractivity contribution >= 4 is 5.91 Å². The fourth-order valence-electron chi connectivity index (χ4n) is 2.92. The molecule has 6 nitrogen and oxygen atoms in total. The topological polar surface area (TPSA) is 68.2 Å². The van der Waals surface area contributed by atoms with Crippen molar-refractivity contribution in [1.29, 1.82) is 0 Å². The van der Waals surface area contributed by atoms with Gasteiger partial charge in [0.25, 0.3) is 0 Å². The van der Waals surface area contributed by atoms with E-state index in [1.54, 1.807) is 4.90 Å². The van der Waals surface area contributed by atoms with Gasteiger partial charge in [-0.1, -0.05) is 6.58 Å². The van der Waals surface area contributed by atoms with E-state index in [-0.39, 0.29) is 23.5 Å². The molecule has 3 rings (SSSR count). The van der Waals surface area contributed by atoms with E-state index in [9.17, 15) is 18.0 Å². The molecule has 0 spiro atoms. The summed E-state index contributed by atoms with van der Waals surface area (Å²) in [6.07, 6.45) is 2.13. The molecule has 3 heterocycles. The minimum absolute atomic E-state index is 0.0324. The van der Waals surface area contributed by atoms with Gasteiger partial charge in [-0.3, -0.25) is 9.78 Å². The lowest BCUT2D eigenvalue weighted by molar-refractivity contribution is -0.141. The second kappa shape index (κ2) is 7.73. The molecule has 1 aliphatic rings. The highest BCUT2D eigenvalue weighted by molar-refractivity contribution is 5.87. The van der Waals surface area contributed by atoms with Gasteiger partial charge < -0.3 is 9.64 Å². The largest absolute Gasteiger partial charge is 0.436 e. The van der Waals surface area contributed by atoms with Crippen LogP contribution in [-0.4, -0.2) is 38.8 Å². The zero-order valence-electron chi connectivity index (χ0n) is 14.3. The monoisotopic (exact) mass is 378 g/mol. The Bertz CT molecular complexity index is 816. The van der Waals surface area contributed by atoms with E-state index < -0.39 is 11.9 Å². The molecule has 1 aliphatic heterocycles. The zero-order chi connectivity index (χ0) is 19.4. The predicted octanol–water partition coefficient (Wildman–Crippen LogP) is 3.57. The number of nitrogens with zero attached hydrogens (tertiary/aromatic N) is 4. The van der Waals surface area contributed by atoms with Gasteiger partial charge >= 0.3 is 6.18 Å². The summed E-state index contributed by atoms with van der Waals surface area (Å²) in [6.45, 7) is 4.61. The summed E-state index contributed by atoms with van der Waals surface area (Å²) in [5.41, 5.74) is -0.378. The number of aromatic nitrogens is 3. The number of likely N-dealkylation sites (tertiary alicyclic amines) is 1. The molecule has 1 amide bonds. The van der Waals surface area contributed by atoms with Gasteiger partial charge in [-0.2, -0.15) is 13.2 Å². The van der Waals surface area contributed by atoms with Gasteiger partial charge in [0.15, 0.2) is 0 Å². The molecule has 0 N–H and O–H groups in total. The van der Waals surface area contributed by atoms with Crippen molar-refractivity contribution in [1.82, 2.24) is 19.9 Å². The summed E-state index contributed by atoms with van der Waals surface area (Å²) in [6, 6.07) is 2.05. The number of hydrogen-bond acceptors (Lipinski definition) is 5. The number of piperidine rings is 1. The quantitative estimate of drug-likeness (QED) is 0.761. The van der Waals surface area contributed by atoms with Crippen molar-refractivity contribution in [3.05, 3.63) is 54.8 Å². The normalized spacial score (nSPS) is 15.4. The Morgan fingerprint density at radius 1 is 1.19 bits per heavy atom. The molecule has 0 atom stereocenters. The first-order valence-corrected chi connectivity index (χ1v) is 8.32. The Balaban J connectivity index is 1.73. The van der Waals surface area contributed by atoms with Gasteiger partial charge in [-0.15, -0.1) is 0 Å². The summed E-state index contributed by atoms with van der Waals surface area (Å²) >= 11 is 0. The molecule has 1 fully saturated rings. The molecule has 2 aromatic heterocycles. The zero-order valence-corrected chi connectivity index (χ0v) is 14.3. The van der Waals surface area contributed by atoms with Crippen LogP contribution in [0.1, 0.15) is 30.1 Å². The highest BCUT2D eigenvalue weighted by Crippen LogP contribution is 2.34. The highest BCUT2D eigenvalue weighted by Gasteiger charge is 2.32. The first-order valence-electron chi connectivity index (χ1n) is 8.32. The lowest BCUT2D eigenvalue weighted by Crippen LogP contribution is -2.37. The molecule has 0 bridgehead atoms. The standard InChI is InChI=1S/C18H17F3N4O2/c1-2-15(26)25-9-5-12(6-10-25)16-17(23-8-7-22-16)27-13-3-4-14(24-11-13)18(19,20)21/h2-4,7-8,11-12H,1,5-6,9-10H2. The number of carbonyl (C=O) groups excluding carboxylic acids is 1. The van der Waals surface area contributed by atoms with Crippen molar-refractivity contribution in [2.24, 2.45) is 0 Å². The van der Waals surface area contributed by atoms with Crippen LogP contribution in [0.25, 0.3) is 0 Å². The van der Waals surface area contributed by atoms with Gasteiger partial charge in [0, 0.05) is 31.4 Å². The third kappa shape index (κ3) is 4.42. The molecule has 9 heteroatoms. The number of alkyl halides is 3. The van der Waals surface area contributed by atoms with Crippen molar-refractivity contribution in [3.63, 3.8) is 0 Å². The van der Waals surface area contributed by atoms with Crippen LogP contribution in [0.5, 0.6) is 11.6 Å². The molecule has 0 aliphatic carbocycles. The first-order chi connectivity index (χ1) is 12.9. The Kier molecular flexibility index (Phi) is 5.38. The van der Waals surface area contributed by atoms with Crippen LogP contribution in [0.4, 0.5) is 13.2 Å². The van der Waals surface area contributed by atoms with Crippen LogP contribution in [0.15, 0.2) is 43.4 Å². The number of rotatable bonds is 4. The Hall–Kier alpha value is -2.97. The number of halogens is 3. The summed E-state index contributed by atoms with van der Waals surface area (Å²) in [5.74, 6) is 0.293. The molecule has 27 heavy (non-hydrogen) atoms. The average molecular weight is 378 g/mol. The maximum atomic E-state index is 12.6. The molecule has 0 unspecified atom stereocenters. The van der Waals surface area contributed by atoms with E-state index in [4.69, 9.17) is 4.74 Å². The molecular weight excluding hydrogens is 361 g/mol. The van der Waals surface area contributed by atoms with E-state index >= 15 is 0 Å². The molecule has 142 valence electrons. The maximum absolute atomic E-state index is 12.6. The van der Waals surface area contributed by atoms with Gasteiger partial charge in [0.05, 0.1) is 6.20 Å². The highest BCUT2D eigenvalue weighted by atomic mass is 19.4. The van der Waals surface area contributed by atoms with Crippen molar-refractivity contribution in [2.45, 2.75) is 24.9 Å². The first kappa shape index (κ1) is 18.8. The van der Waals surface area contributed by atoms with Gasteiger partial charge in [0.2, 0.25) is 11.8 Å². The van der Waals surface area contributed by atoms with E-state index in [1.165, 1.54) is 24.5 Å². The number of carbonyl (C=O) groups is 1. The van der Waals surface area contributed by atoms with Crippen molar-refractivity contribution in [3.8, 4) is 11.6 Å². The summed E-state index contributed by atoms with van der Waals surface area (Å²) in [4.78, 5) is 25.3. The fourth-order valence-corrected chi connectivity index (χ4v) is 2.92. The minimum Gasteiger partial charge on any atom is -0.436 e. The number of pyridine rings is 1. The second-order valence-electron chi connectivity index (χ2n) is 6.03.